The average Bonchev–Trinajstić information content (AvgIpc) is 2.47. The van der Waals surface area contributed by atoms with Crippen molar-refractivity contribution in [3.05, 3.63) is 23.3 Å². The van der Waals surface area contributed by atoms with Crippen LogP contribution in [0.5, 0.6) is 0 Å². The van der Waals surface area contributed by atoms with Crippen LogP contribution in [0.15, 0.2) is 23.3 Å². The predicted octanol–water partition coefficient (Wildman–Crippen LogP) is 4.21. The molecular formula is C15H27N. The highest BCUT2D eigenvalue weighted by Gasteiger charge is 2.13. The van der Waals surface area contributed by atoms with Crippen LogP contribution in [0.4, 0.5) is 0 Å². The van der Waals surface area contributed by atoms with E-state index in [9.17, 15) is 0 Å². The first-order valence-electron chi connectivity index (χ1n) is 6.86. The molecule has 16 heavy (non-hydrogen) atoms. The third-order valence-corrected chi connectivity index (χ3v) is 3.46. The van der Waals surface area contributed by atoms with Gasteiger partial charge in [0.2, 0.25) is 0 Å². The van der Waals surface area contributed by atoms with Crippen LogP contribution in [0.1, 0.15) is 59.3 Å². The van der Waals surface area contributed by atoms with Gasteiger partial charge in [0.25, 0.3) is 0 Å². The largest absolute Gasteiger partial charge is 0.310 e. The second-order valence-corrected chi connectivity index (χ2v) is 4.87. The summed E-state index contributed by atoms with van der Waals surface area (Å²) >= 11 is 0. The molecule has 0 bridgehead atoms. The van der Waals surface area contributed by atoms with Gasteiger partial charge in [-0.1, -0.05) is 44.4 Å². The van der Waals surface area contributed by atoms with Crippen LogP contribution in [-0.2, 0) is 0 Å². The van der Waals surface area contributed by atoms with Crippen LogP contribution in [-0.4, -0.2) is 12.6 Å². The number of nitrogens with one attached hydrogen (secondary N) is 1. The predicted molar refractivity (Wildman–Crippen MR) is 72.7 cm³/mol. The van der Waals surface area contributed by atoms with Crippen molar-refractivity contribution >= 4 is 0 Å². The van der Waals surface area contributed by atoms with Crippen molar-refractivity contribution in [2.75, 3.05) is 6.54 Å². The minimum Gasteiger partial charge on any atom is -0.310 e. The van der Waals surface area contributed by atoms with E-state index in [1.807, 2.05) is 0 Å². The Morgan fingerprint density at radius 1 is 1.38 bits per heavy atom. The van der Waals surface area contributed by atoms with Gasteiger partial charge in [-0.05, 0) is 38.2 Å². The zero-order valence-corrected chi connectivity index (χ0v) is 11.2. The molecule has 92 valence electrons. The van der Waals surface area contributed by atoms with Crippen molar-refractivity contribution in [3.8, 4) is 0 Å². The molecule has 0 aliphatic carbocycles. The Morgan fingerprint density at radius 2 is 2.19 bits per heavy atom. The fourth-order valence-electron chi connectivity index (χ4n) is 2.22. The molecule has 1 heterocycles. The van der Waals surface area contributed by atoms with Crippen molar-refractivity contribution in [2.45, 2.75) is 65.3 Å². The Kier molecular flexibility index (Phi) is 6.47. The molecule has 1 N–H and O–H groups in total. The monoisotopic (exact) mass is 221 g/mol. The summed E-state index contributed by atoms with van der Waals surface area (Å²) in [4.78, 5) is 0. The topological polar surface area (TPSA) is 12.0 Å². The number of allylic oxidation sites excluding steroid dienone is 2. The summed E-state index contributed by atoms with van der Waals surface area (Å²) in [6.45, 7) is 7.83. The Labute approximate surface area is 101 Å². The van der Waals surface area contributed by atoms with Crippen molar-refractivity contribution < 1.29 is 0 Å². The van der Waals surface area contributed by atoms with Gasteiger partial charge >= 0.3 is 0 Å². The third-order valence-electron chi connectivity index (χ3n) is 3.46. The summed E-state index contributed by atoms with van der Waals surface area (Å²) in [7, 11) is 0. The number of hydrogen-bond donors (Lipinski definition) is 1. The van der Waals surface area contributed by atoms with Gasteiger partial charge in [0.05, 0.1) is 0 Å². The highest BCUT2D eigenvalue weighted by molar-refractivity contribution is 5.27. The third kappa shape index (κ3) is 4.52. The SMILES string of the molecule is CC/C=C/C1=C(C)CCC(CCCC)NC1. The quantitative estimate of drug-likeness (QED) is 0.733. The first-order valence-corrected chi connectivity index (χ1v) is 6.86. The molecule has 0 saturated heterocycles. The van der Waals surface area contributed by atoms with E-state index in [1.54, 1.807) is 5.57 Å². The van der Waals surface area contributed by atoms with Crippen LogP contribution in [0.3, 0.4) is 0 Å². The van der Waals surface area contributed by atoms with Gasteiger partial charge in [-0.3, -0.25) is 0 Å². The van der Waals surface area contributed by atoms with Gasteiger partial charge in [0.1, 0.15) is 0 Å². The summed E-state index contributed by atoms with van der Waals surface area (Å²) < 4.78 is 0. The zero-order valence-electron chi connectivity index (χ0n) is 11.2. The van der Waals surface area contributed by atoms with Gasteiger partial charge in [0.15, 0.2) is 0 Å². The molecule has 0 saturated carbocycles. The van der Waals surface area contributed by atoms with Crippen molar-refractivity contribution in [1.29, 1.82) is 0 Å². The summed E-state index contributed by atoms with van der Waals surface area (Å²) in [5.74, 6) is 0. The summed E-state index contributed by atoms with van der Waals surface area (Å²) in [5.41, 5.74) is 3.09. The minimum absolute atomic E-state index is 0.738. The van der Waals surface area contributed by atoms with E-state index >= 15 is 0 Å². The van der Waals surface area contributed by atoms with Crippen molar-refractivity contribution in [2.24, 2.45) is 0 Å². The fourth-order valence-corrected chi connectivity index (χ4v) is 2.22. The fraction of sp³-hybridized carbons (Fsp3) is 0.733. The highest BCUT2D eigenvalue weighted by Crippen LogP contribution is 2.19. The lowest BCUT2D eigenvalue weighted by atomic mass is 10.0. The second kappa shape index (κ2) is 7.67. The van der Waals surface area contributed by atoms with Crippen LogP contribution in [0.2, 0.25) is 0 Å². The summed E-state index contributed by atoms with van der Waals surface area (Å²) in [6.07, 6.45) is 12.3. The van der Waals surface area contributed by atoms with Crippen molar-refractivity contribution in [1.82, 2.24) is 5.32 Å². The van der Waals surface area contributed by atoms with E-state index in [4.69, 9.17) is 0 Å². The van der Waals surface area contributed by atoms with Gasteiger partial charge in [-0.2, -0.15) is 0 Å². The van der Waals surface area contributed by atoms with E-state index in [0.717, 1.165) is 19.0 Å². The van der Waals surface area contributed by atoms with Crippen LogP contribution >= 0.6 is 0 Å². The maximum Gasteiger partial charge on any atom is 0.0207 e. The van der Waals surface area contributed by atoms with E-state index in [-0.39, 0.29) is 0 Å². The molecule has 1 aliphatic rings. The second-order valence-electron chi connectivity index (χ2n) is 4.87. The summed E-state index contributed by atoms with van der Waals surface area (Å²) in [5, 5.41) is 3.70. The molecule has 0 fully saturated rings. The Hall–Kier alpha value is -0.560. The van der Waals surface area contributed by atoms with Gasteiger partial charge in [-0.25, -0.2) is 0 Å². The molecular weight excluding hydrogens is 194 g/mol. The molecule has 0 radical (unpaired) electrons. The first kappa shape index (κ1) is 13.5. The number of rotatable bonds is 5. The van der Waals surface area contributed by atoms with E-state index in [1.165, 1.54) is 37.7 Å². The van der Waals surface area contributed by atoms with E-state index < -0.39 is 0 Å². The Morgan fingerprint density at radius 3 is 2.88 bits per heavy atom. The first-order chi connectivity index (χ1) is 7.77. The molecule has 1 heteroatoms. The molecule has 1 aliphatic heterocycles. The van der Waals surface area contributed by atoms with E-state index in [2.05, 4.69) is 38.2 Å². The molecule has 0 amide bonds. The van der Waals surface area contributed by atoms with Crippen LogP contribution in [0, 0.1) is 0 Å². The maximum absolute atomic E-state index is 3.70. The lowest BCUT2D eigenvalue weighted by Crippen LogP contribution is -2.28. The van der Waals surface area contributed by atoms with Gasteiger partial charge in [0, 0.05) is 12.6 Å². The van der Waals surface area contributed by atoms with Crippen LogP contribution in [0.25, 0.3) is 0 Å². The van der Waals surface area contributed by atoms with E-state index in [0.29, 0.717) is 0 Å². The van der Waals surface area contributed by atoms with Crippen molar-refractivity contribution in [3.63, 3.8) is 0 Å². The molecule has 1 nitrogen and oxygen atoms in total. The summed E-state index contributed by atoms with van der Waals surface area (Å²) in [6, 6.07) is 0.738. The zero-order chi connectivity index (χ0) is 11.8. The normalized spacial score (nSPS) is 22.8. The van der Waals surface area contributed by atoms with Gasteiger partial charge in [-0.15, -0.1) is 0 Å². The molecule has 1 unspecified atom stereocenters. The standard InChI is InChI=1S/C15H27N/c1-4-6-8-14-12-16-15(9-7-5-2)11-10-13(14)3/h6,8,15-16H,4-5,7,9-12H2,1-3H3/b8-6+. The molecule has 1 rings (SSSR count). The Balaban J connectivity index is 2.47. The maximum atomic E-state index is 3.70. The molecule has 1 atom stereocenters. The minimum atomic E-state index is 0.738. The molecule has 0 aromatic carbocycles. The smallest absolute Gasteiger partial charge is 0.0207 e. The number of unbranched alkanes of at least 4 members (excludes halogenated alkanes) is 1. The average molecular weight is 221 g/mol. The van der Waals surface area contributed by atoms with Crippen LogP contribution < -0.4 is 5.32 Å². The number of hydrogen-bond acceptors (Lipinski definition) is 1. The highest BCUT2D eigenvalue weighted by atomic mass is 14.9. The lowest BCUT2D eigenvalue weighted by Gasteiger charge is -2.15. The molecule has 0 spiro atoms. The molecule has 0 aromatic rings. The lowest BCUT2D eigenvalue weighted by molar-refractivity contribution is 0.465. The Bertz CT molecular complexity index is 250. The molecule has 0 aromatic heterocycles. The van der Waals surface area contributed by atoms with Gasteiger partial charge < -0.3 is 5.32 Å².